The first-order valence-electron chi connectivity index (χ1n) is 4.00. The number of allylic oxidation sites excluding steroid dienone is 2. The van der Waals surface area contributed by atoms with E-state index in [4.69, 9.17) is 0 Å². The third-order valence-electron chi connectivity index (χ3n) is 1.95. The Morgan fingerprint density at radius 1 is 1.50 bits per heavy atom. The third-order valence-corrected chi connectivity index (χ3v) is 1.95. The van der Waals surface area contributed by atoms with Crippen molar-refractivity contribution in [3.8, 4) is 0 Å². The molecule has 0 saturated carbocycles. The fraction of sp³-hybridized carbons (Fsp3) is 0.222. The van der Waals surface area contributed by atoms with Crippen LogP contribution in [0, 0.1) is 0 Å². The molecule has 0 saturated heterocycles. The topological polar surface area (TPSA) is 31.9 Å². The molecule has 1 unspecified atom stereocenters. The van der Waals surface area contributed by atoms with Crippen molar-refractivity contribution in [1.29, 1.82) is 0 Å². The molecular weight excluding hydrogens is 150 g/mol. The summed E-state index contributed by atoms with van der Waals surface area (Å²) in [6.45, 7) is 2.14. The number of hydrogen-bond donors (Lipinski definition) is 1. The Hall–Kier alpha value is -1.51. The van der Waals surface area contributed by atoms with Gasteiger partial charge >= 0.3 is 0 Å². The van der Waals surface area contributed by atoms with Gasteiger partial charge in [0.1, 0.15) is 5.82 Å². The molecule has 3 nitrogen and oxygen atoms in total. The lowest BCUT2D eigenvalue weighted by Crippen LogP contribution is -2.27. The number of aromatic nitrogens is 2. The van der Waals surface area contributed by atoms with E-state index in [1.807, 2.05) is 18.3 Å². The Kier molecular flexibility index (Phi) is 1.70. The second kappa shape index (κ2) is 2.85. The van der Waals surface area contributed by atoms with Gasteiger partial charge in [0.2, 0.25) is 0 Å². The van der Waals surface area contributed by atoms with Crippen LogP contribution in [-0.2, 0) is 0 Å². The van der Waals surface area contributed by atoms with E-state index in [1.54, 1.807) is 6.20 Å². The summed E-state index contributed by atoms with van der Waals surface area (Å²) in [5.74, 6) is 1.03. The van der Waals surface area contributed by atoms with Crippen LogP contribution in [-0.4, -0.2) is 16.2 Å². The van der Waals surface area contributed by atoms with Crippen molar-refractivity contribution in [3.63, 3.8) is 0 Å². The Morgan fingerprint density at radius 3 is 3.08 bits per heavy atom. The molecule has 0 aromatic carbocycles. The van der Waals surface area contributed by atoms with Gasteiger partial charge in [-0.2, -0.15) is 5.10 Å². The molecule has 2 rings (SSSR count). The van der Waals surface area contributed by atoms with Crippen LogP contribution in [0.4, 0.5) is 5.82 Å². The summed E-state index contributed by atoms with van der Waals surface area (Å²) in [6.07, 6.45) is 10.0. The van der Waals surface area contributed by atoms with Crippen LogP contribution in [0.1, 0.15) is 6.92 Å². The standard InChI is InChI=1S/C9H11N3/c1-8-4-2-3-7-12(8)9-5-6-10-11-9/h2-8H,1H3,(H,10,11). The van der Waals surface area contributed by atoms with Gasteiger partial charge in [-0.15, -0.1) is 0 Å². The summed E-state index contributed by atoms with van der Waals surface area (Å²) in [7, 11) is 0. The van der Waals surface area contributed by atoms with Crippen LogP contribution in [0.15, 0.2) is 36.7 Å². The summed E-state index contributed by atoms with van der Waals surface area (Å²) in [5.41, 5.74) is 0. The molecule has 1 aromatic heterocycles. The molecule has 0 radical (unpaired) electrons. The quantitative estimate of drug-likeness (QED) is 0.679. The summed E-state index contributed by atoms with van der Waals surface area (Å²) < 4.78 is 0. The summed E-state index contributed by atoms with van der Waals surface area (Å²) >= 11 is 0. The van der Waals surface area contributed by atoms with E-state index in [0.29, 0.717) is 6.04 Å². The van der Waals surface area contributed by atoms with Crippen LogP contribution in [0.2, 0.25) is 0 Å². The molecule has 62 valence electrons. The van der Waals surface area contributed by atoms with E-state index >= 15 is 0 Å². The predicted molar refractivity (Wildman–Crippen MR) is 48.8 cm³/mol. The van der Waals surface area contributed by atoms with Crippen molar-refractivity contribution in [2.45, 2.75) is 13.0 Å². The van der Waals surface area contributed by atoms with Gasteiger partial charge in [-0.1, -0.05) is 12.2 Å². The molecule has 1 atom stereocenters. The zero-order chi connectivity index (χ0) is 8.39. The first-order valence-corrected chi connectivity index (χ1v) is 4.00. The molecule has 0 amide bonds. The van der Waals surface area contributed by atoms with Crippen molar-refractivity contribution < 1.29 is 0 Å². The van der Waals surface area contributed by atoms with E-state index < -0.39 is 0 Å². The van der Waals surface area contributed by atoms with E-state index in [0.717, 1.165) is 5.82 Å². The third kappa shape index (κ3) is 1.13. The van der Waals surface area contributed by atoms with Crippen molar-refractivity contribution in [2.24, 2.45) is 0 Å². The molecule has 0 fully saturated rings. The highest BCUT2D eigenvalue weighted by Gasteiger charge is 2.11. The van der Waals surface area contributed by atoms with Crippen LogP contribution in [0.3, 0.4) is 0 Å². The molecule has 0 bridgehead atoms. The Balaban J connectivity index is 2.25. The number of rotatable bonds is 1. The molecule has 1 N–H and O–H groups in total. The fourth-order valence-electron chi connectivity index (χ4n) is 1.29. The summed E-state index contributed by atoms with van der Waals surface area (Å²) in [5, 5.41) is 6.84. The molecule has 1 aliphatic heterocycles. The SMILES string of the molecule is CC1C=CC=CN1c1ccn[nH]1. The Labute approximate surface area is 71.4 Å². The second-order valence-electron chi connectivity index (χ2n) is 2.82. The molecule has 0 spiro atoms. The smallest absolute Gasteiger partial charge is 0.128 e. The zero-order valence-electron chi connectivity index (χ0n) is 6.94. The van der Waals surface area contributed by atoms with Gasteiger partial charge in [-0.3, -0.25) is 5.10 Å². The number of anilines is 1. The first kappa shape index (κ1) is 7.16. The minimum absolute atomic E-state index is 0.399. The van der Waals surface area contributed by atoms with Crippen molar-refractivity contribution >= 4 is 5.82 Å². The predicted octanol–water partition coefficient (Wildman–Crippen LogP) is 1.69. The minimum atomic E-state index is 0.399. The molecular formula is C9H11N3. The fourth-order valence-corrected chi connectivity index (χ4v) is 1.29. The van der Waals surface area contributed by atoms with E-state index in [9.17, 15) is 0 Å². The maximum atomic E-state index is 3.91. The second-order valence-corrected chi connectivity index (χ2v) is 2.82. The maximum Gasteiger partial charge on any atom is 0.128 e. The highest BCUT2D eigenvalue weighted by atomic mass is 15.3. The van der Waals surface area contributed by atoms with E-state index in [2.05, 4.69) is 34.2 Å². The molecule has 2 heterocycles. The molecule has 1 aromatic rings. The van der Waals surface area contributed by atoms with Crippen molar-refractivity contribution in [2.75, 3.05) is 4.90 Å². The van der Waals surface area contributed by atoms with Crippen molar-refractivity contribution in [1.82, 2.24) is 10.2 Å². The Bertz CT molecular complexity index is 298. The summed E-state index contributed by atoms with van der Waals surface area (Å²) in [4.78, 5) is 2.13. The van der Waals surface area contributed by atoms with Crippen LogP contribution < -0.4 is 4.90 Å². The lowest BCUT2D eigenvalue weighted by atomic mass is 10.2. The van der Waals surface area contributed by atoms with Crippen LogP contribution >= 0.6 is 0 Å². The number of nitrogens with one attached hydrogen (secondary N) is 1. The van der Waals surface area contributed by atoms with Crippen molar-refractivity contribution in [3.05, 3.63) is 36.7 Å². The minimum Gasteiger partial charge on any atom is -0.327 e. The highest BCUT2D eigenvalue weighted by molar-refractivity contribution is 5.45. The molecule has 3 heteroatoms. The van der Waals surface area contributed by atoms with Crippen LogP contribution in [0.25, 0.3) is 0 Å². The number of H-pyrrole nitrogens is 1. The van der Waals surface area contributed by atoms with Gasteiger partial charge in [0.05, 0.1) is 12.2 Å². The molecule has 0 aliphatic carbocycles. The number of nitrogens with zero attached hydrogens (tertiary/aromatic N) is 2. The summed E-state index contributed by atoms with van der Waals surface area (Å²) in [6, 6.07) is 2.36. The average molecular weight is 161 g/mol. The van der Waals surface area contributed by atoms with Gasteiger partial charge in [-0.25, -0.2) is 0 Å². The number of hydrogen-bond acceptors (Lipinski definition) is 2. The largest absolute Gasteiger partial charge is 0.327 e. The van der Waals surface area contributed by atoms with Gasteiger partial charge in [-0.05, 0) is 13.0 Å². The molecule has 12 heavy (non-hydrogen) atoms. The Morgan fingerprint density at radius 2 is 2.42 bits per heavy atom. The highest BCUT2D eigenvalue weighted by Crippen LogP contribution is 2.16. The van der Waals surface area contributed by atoms with Crippen LogP contribution in [0.5, 0.6) is 0 Å². The number of aromatic amines is 1. The lowest BCUT2D eigenvalue weighted by Gasteiger charge is -2.25. The monoisotopic (exact) mass is 161 g/mol. The molecule has 1 aliphatic rings. The van der Waals surface area contributed by atoms with Gasteiger partial charge < -0.3 is 4.90 Å². The lowest BCUT2D eigenvalue weighted by molar-refractivity contribution is 0.827. The zero-order valence-corrected chi connectivity index (χ0v) is 6.94. The first-order chi connectivity index (χ1) is 5.88. The van der Waals surface area contributed by atoms with Gasteiger partial charge in [0.15, 0.2) is 0 Å². The van der Waals surface area contributed by atoms with Gasteiger partial charge in [0, 0.05) is 12.3 Å². The maximum absolute atomic E-state index is 3.91. The van der Waals surface area contributed by atoms with E-state index in [1.165, 1.54) is 0 Å². The normalized spacial score (nSPS) is 21.8. The average Bonchev–Trinajstić information content (AvgIpc) is 2.57. The van der Waals surface area contributed by atoms with Gasteiger partial charge in [0.25, 0.3) is 0 Å². The van der Waals surface area contributed by atoms with E-state index in [-0.39, 0.29) is 0 Å².